The van der Waals surface area contributed by atoms with Gasteiger partial charge in [0.15, 0.2) is 0 Å². The Labute approximate surface area is 108 Å². The summed E-state index contributed by atoms with van der Waals surface area (Å²) >= 11 is 0. The summed E-state index contributed by atoms with van der Waals surface area (Å²) in [4.78, 5) is 2.82. The summed E-state index contributed by atoms with van der Waals surface area (Å²) in [6.45, 7) is 2.01. The highest BCUT2D eigenvalue weighted by atomic mass is 15.8. The molecule has 0 N–H and O–H groups in total. The van der Waals surface area contributed by atoms with Crippen LogP contribution in [0.4, 0.5) is 0 Å². The van der Waals surface area contributed by atoms with Crippen molar-refractivity contribution < 1.29 is 0 Å². The molecule has 0 atom stereocenters. The second kappa shape index (κ2) is 3.61. The fourth-order valence-corrected chi connectivity index (χ4v) is 2.07. The topological polar surface area (TPSA) is 61.4 Å². The molecule has 0 spiro atoms. The lowest BCUT2D eigenvalue weighted by Crippen LogP contribution is -2.15. The van der Waals surface area contributed by atoms with Gasteiger partial charge in [0.25, 0.3) is 0 Å². The fourth-order valence-electron chi connectivity index (χ4n) is 2.07. The zero-order valence-corrected chi connectivity index (χ0v) is 10.2. The van der Waals surface area contributed by atoms with Crippen LogP contribution in [0, 0.1) is 6.92 Å². The molecule has 2 heterocycles. The number of rotatable bonds is 1. The highest BCUT2D eigenvalue weighted by Crippen LogP contribution is 2.13. The third kappa shape index (κ3) is 1.50. The molecule has 4 aromatic rings. The Morgan fingerprint density at radius 3 is 1.95 bits per heavy atom. The second-order valence-corrected chi connectivity index (χ2v) is 4.37. The lowest BCUT2D eigenvalue weighted by molar-refractivity contribution is 0.398. The SMILES string of the molecule is Cc1cccc2nn(-n3nc4ccccc4n3)nc12. The molecule has 0 saturated carbocycles. The van der Waals surface area contributed by atoms with Crippen LogP contribution in [-0.4, -0.2) is 30.2 Å². The summed E-state index contributed by atoms with van der Waals surface area (Å²) in [6, 6.07) is 13.6. The van der Waals surface area contributed by atoms with E-state index in [2.05, 4.69) is 20.4 Å². The first-order valence-corrected chi connectivity index (χ1v) is 5.97. The minimum Gasteiger partial charge on any atom is -0.128 e. The van der Waals surface area contributed by atoms with Gasteiger partial charge in [-0.1, -0.05) is 24.3 Å². The zero-order chi connectivity index (χ0) is 12.8. The maximum absolute atomic E-state index is 4.42. The Morgan fingerprint density at radius 1 is 0.684 bits per heavy atom. The number of fused-ring (bicyclic) bond motifs is 2. The van der Waals surface area contributed by atoms with Crippen LogP contribution in [0.25, 0.3) is 22.1 Å². The van der Waals surface area contributed by atoms with Gasteiger partial charge in [-0.05, 0) is 40.5 Å². The number of hydrogen-bond acceptors (Lipinski definition) is 4. The van der Waals surface area contributed by atoms with Crippen molar-refractivity contribution in [3.8, 4) is 0 Å². The maximum atomic E-state index is 4.42. The number of nitrogens with zero attached hydrogens (tertiary/aromatic N) is 6. The average Bonchev–Trinajstić information content (AvgIpc) is 3.02. The van der Waals surface area contributed by atoms with E-state index in [1.165, 1.54) is 9.81 Å². The average molecular weight is 250 g/mol. The predicted octanol–water partition coefficient (Wildman–Crippen LogP) is 1.80. The van der Waals surface area contributed by atoms with Gasteiger partial charge in [0, 0.05) is 0 Å². The molecule has 2 aromatic heterocycles. The second-order valence-electron chi connectivity index (χ2n) is 4.37. The highest BCUT2D eigenvalue weighted by Gasteiger charge is 2.08. The number of aromatic nitrogens is 6. The molecule has 2 aromatic carbocycles. The van der Waals surface area contributed by atoms with Crippen LogP contribution in [-0.2, 0) is 0 Å². The molecule has 0 radical (unpaired) electrons. The normalized spacial score (nSPS) is 11.4. The maximum Gasteiger partial charge on any atom is 0.118 e. The Bertz CT molecular complexity index is 855. The molecular formula is C13H10N6. The molecule has 19 heavy (non-hydrogen) atoms. The Hall–Kier alpha value is -2.76. The predicted molar refractivity (Wildman–Crippen MR) is 70.6 cm³/mol. The molecule has 92 valence electrons. The third-order valence-electron chi connectivity index (χ3n) is 3.04. The van der Waals surface area contributed by atoms with Crippen molar-refractivity contribution in [2.45, 2.75) is 6.92 Å². The Balaban J connectivity index is 1.96. The van der Waals surface area contributed by atoms with Crippen LogP contribution in [0.3, 0.4) is 0 Å². The van der Waals surface area contributed by atoms with Gasteiger partial charge in [0.1, 0.15) is 22.1 Å². The van der Waals surface area contributed by atoms with Crippen molar-refractivity contribution in [3.63, 3.8) is 0 Å². The molecule has 0 amide bonds. The summed E-state index contributed by atoms with van der Waals surface area (Å²) in [7, 11) is 0. The van der Waals surface area contributed by atoms with E-state index < -0.39 is 0 Å². The largest absolute Gasteiger partial charge is 0.128 e. The van der Waals surface area contributed by atoms with Crippen molar-refractivity contribution in [2.24, 2.45) is 0 Å². The van der Waals surface area contributed by atoms with Crippen LogP contribution in [0.1, 0.15) is 5.56 Å². The molecule has 0 fully saturated rings. The van der Waals surface area contributed by atoms with Crippen LogP contribution >= 0.6 is 0 Å². The monoisotopic (exact) mass is 250 g/mol. The van der Waals surface area contributed by atoms with E-state index in [4.69, 9.17) is 0 Å². The highest BCUT2D eigenvalue weighted by molar-refractivity contribution is 5.77. The number of benzene rings is 2. The molecule has 0 aliphatic carbocycles. The molecule has 4 rings (SSSR count). The van der Waals surface area contributed by atoms with Gasteiger partial charge in [-0.15, -0.1) is 20.4 Å². The van der Waals surface area contributed by atoms with Gasteiger partial charge < -0.3 is 0 Å². The van der Waals surface area contributed by atoms with E-state index in [0.29, 0.717) is 0 Å². The van der Waals surface area contributed by atoms with E-state index in [1.54, 1.807) is 0 Å². The number of aryl methyl sites for hydroxylation is 1. The van der Waals surface area contributed by atoms with Crippen LogP contribution in [0.2, 0.25) is 0 Å². The molecule has 6 heteroatoms. The van der Waals surface area contributed by atoms with Crippen LogP contribution < -0.4 is 0 Å². The minimum atomic E-state index is 0.820. The summed E-state index contributed by atoms with van der Waals surface area (Å²) in [5.74, 6) is 0. The summed E-state index contributed by atoms with van der Waals surface area (Å²) in [5.41, 5.74) is 4.42. The Morgan fingerprint density at radius 2 is 1.26 bits per heavy atom. The third-order valence-corrected chi connectivity index (χ3v) is 3.04. The van der Waals surface area contributed by atoms with E-state index in [-0.39, 0.29) is 0 Å². The standard InChI is InChI=1S/C13H10N6/c1-9-5-4-8-12-13(9)17-19(16-12)18-14-10-6-2-3-7-11(10)15-18/h2-8H,1H3. The smallest absolute Gasteiger partial charge is 0.118 e. The summed E-state index contributed by atoms with van der Waals surface area (Å²) in [5, 5.41) is 17.5. The van der Waals surface area contributed by atoms with E-state index in [0.717, 1.165) is 27.6 Å². The van der Waals surface area contributed by atoms with Gasteiger partial charge in [0.2, 0.25) is 0 Å². The van der Waals surface area contributed by atoms with Gasteiger partial charge in [-0.25, -0.2) is 0 Å². The van der Waals surface area contributed by atoms with Crippen molar-refractivity contribution in [2.75, 3.05) is 0 Å². The van der Waals surface area contributed by atoms with Crippen molar-refractivity contribution in [3.05, 3.63) is 48.0 Å². The van der Waals surface area contributed by atoms with Crippen molar-refractivity contribution in [1.82, 2.24) is 30.2 Å². The van der Waals surface area contributed by atoms with E-state index in [1.807, 2.05) is 49.4 Å². The van der Waals surface area contributed by atoms with Crippen LogP contribution in [0.15, 0.2) is 42.5 Å². The summed E-state index contributed by atoms with van der Waals surface area (Å²) in [6.07, 6.45) is 0. The Kier molecular flexibility index (Phi) is 1.94. The molecule has 0 bridgehead atoms. The first-order valence-electron chi connectivity index (χ1n) is 5.97. The van der Waals surface area contributed by atoms with Gasteiger partial charge in [-0.3, -0.25) is 0 Å². The quantitative estimate of drug-likeness (QED) is 0.516. The minimum absolute atomic E-state index is 0.820. The molecule has 0 saturated heterocycles. The van der Waals surface area contributed by atoms with Gasteiger partial charge >= 0.3 is 0 Å². The lowest BCUT2D eigenvalue weighted by Gasteiger charge is -1.92. The first-order chi connectivity index (χ1) is 9.31. The molecule has 6 nitrogen and oxygen atoms in total. The van der Waals surface area contributed by atoms with E-state index >= 15 is 0 Å². The first kappa shape index (κ1) is 10.2. The van der Waals surface area contributed by atoms with Crippen molar-refractivity contribution in [1.29, 1.82) is 0 Å². The lowest BCUT2D eigenvalue weighted by atomic mass is 10.2. The van der Waals surface area contributed by atoms with Crippen molar-refractivity contribution >= 4 is 22.1 Å². The fraction of sp³-hybridized carbons (Fsp3) is 0.0769. The van der Waals surface area contributed by atoms with Crippen LogP contribution in [0.5, 0.6) is 0 Å². The molecule has 0 aliphatic rings. The molecular weight excluding hydrogens is 240 g/mol. The van der Waals surface area contributed by atoms with Gasteiger partial charge in [-0.2, -0.15) is 0 Å². The molecule has 0 unspecified atom stereocenters. The summed E-state index contributed by atoms with van der Waals surface area (Å²) < 4.78 is 0. The zero-order valence-electron chi connectivity index (χ0n) is 10.2. The molecule has 0 aliphatic heterocycles. The number of hydrogen-bond donors (Lipinski definition) is 0. The van der Waals surface area contributed by atoms with E-state index in [9.17, 15) is 0 Å². The van der Waals surface area contributed by atoms with Gasteiger partial charge in [0.05, 0.1) is 0 Å².